The van der Waals surface area contributed by atoms with Gasteiger partial charge in [-0.2, -0.15) is 0 Å². The molecule has 0 aliphatic heterocycles. The quantitative estimate of drug-likeness (QED) is 0.0992. The average molecular weight is 1530 g/mol. The number of benzene rings is 18. The van der Waals surface area contributed by atoms with Gasteiger partial charge in [-0.1, -0.05) is 394 Å². The highest BCUT2D eigenvalue weighted by Crippen LogP contribution is 2.42. The molecular formula is C112H72N8. The Kier molecular flexibility index (Phi) is 18.8. The summed E-state index contributed by atoms with van der Waals surface area (Å²) in [6.45, 7) is 0. The van der Waals surface area contributed by atoms with Crippen molar-refractivity contribution in [2.24, 2.45) is 0 Å². The first-order valence-electron chi connectivity index (χ1n) is 40.4. The molecule has 0 atom stereocenters. The predicted molar refractivity (Wildman–Crippen MR) is 496 cm³/mol. The maximum Gasteiger partial charge on any atom is 0.164 e. The van der Waals surface area contributed by atoms with Gasteiger partial charge in [0.05, 0.1) is 16.7 Å². The molecule has 0 N–H and O–H groups in total. The number of rotatable bonds is 14. The molecule has 0 bridgehead atoms. The van der Waals surface area contributed by atoms with E-state index < -0.39 is 0 Å². The monoisotopic (exact) mass is 1530 g/mol. The van der Waals surface area contributed by atoms with E-state index in [1.807, 2.05) is 79.0 Å². The lowest BCUT2D eigenvalue weighted by Gasteiger charge is -2.14. The Hall–Kier alpha value is -16.2. The second-order valence-corrected chi connectivity index (χ2v) is 30.1. The van der Waals surface area contributed by atoms with Crippen LogP contribution in [-0.4, -0.2) is 39.9 Å². The third-order valence-electron chi connectivity index (χ3n) is 22.7. The third-order valence-corrected chi connectivity index (χ3v) is 22.7. The molecule has 0 fully saturated rings. The van der Waals surface area contributed by atoms with Crippen LogP contribution in [0.3, 0.4) is 0 Å². The first-order valence-corrected chi connectivity index (χ1v) is 40.4. The number of fused-ring (bicyclic) bond motifs is 10. The Morgan fingerprint density at radius 3 is 0.867 bits per heavy atom. The van der Waals surface area contributed by atoms with Gasteiger partial charge in [0.15, 0.2) is 34.9 Å². The van der Waals surface area contributed by atoms with E-state index in [4.69, 9.17) is 39.9 Å². The molecule has 8 nitrogen and oxygen atoms in total. The van der Waals surface area contributed by atoms with Crippen LogP contribution in [0.25, 0.3) is 222 Å². The molecule has 0 unspecified atom stereocenters. The number of para-hydroxylation sites is 1. The zero-order valence-electron chi connectivity index (χ0n) is 65.1. The lowest BCUT2D eigenvalue weighted by Crippen LogP contribution is -2.00. The fourth-order valence-electron chi connectivity index (χ4n) is 16.5. The summed E-state index contributed by atoms with van der Waals surface area (Å²) < 4.78 is 0. The zero-order chi connectivity index (χ0) is 79.7. The van der Waals surface area contributed by atoms with Crippen molar-refractivity contribution < 1.29 is 0 Å². The van der Waals surface area contributed by atoms with Crippen molar-refractivity contribution in [2.75, 3.05) is 0 Å². The van der Waals surface area contributed by atoms with E-state index in [1.165, 1.54) is 59.6 Å². The normalized spacial score (nSPS) is 11.3. The maximum atomic E-state index is 5.30. The van der Waals surface area contributed by atoms with Gasteiger partial charge in [0.2, 0.25) is 0 Å². The molecule has 0 saturated carbocycles. The largest absolute Gasteiger partial charge is 0.255 e. The predicted octanol–water partition coefficient (Wildman–Crippen LogP) is 28.8. The molecule has 4 heterocycles. The van der Waals surface area contributed by atoms with Crippen LogP contribution in [0.2, 0.25) is 0 Å². The molecule has 18 aromatic carbocycles. The van der Waals surface area contributed by atoms with Gasteiger partial charge in [-0.05, 0) is 141 Å². The van der Waals surface area contributed by atoms with Crippen LogP contribution in [0.15, 0.2) is 437 Å². The standard InChI is InChI=1S/2C56H36N4/c1-3-11-37(12-4-1)38-21-25-42(26-22-38)55-58-54(41-14-5-2-6-15-41)59-56(60-55)43-27-23-39(24-28-43)44-16-9-17-45(33-44)46-18-10-19-47(34-46)49-35-48-30-31-51-50-20-8-7-13-40(50)29-32-52(51)53(48)57-36-49;1-3-13-37(14-4-1)38-25-29-42(30-26-38)55-58-54(41-16-5-2-6-17-41)59-56(60-55)43-31-27-39(28-32-43)44-18-11-19-45(35-44)46-20-12-21-47(36-46)53-52-48-22-8-7-15-40(48)33-34-50(52)49-23-9-10-24-51(49)57-53/h2*1-36H. The van der Waals surface area contributed by atoms with Crippen LogP contribution >= 0.6 is 0 Å². The van der Waals surface area contributed by atoms with E-state index in [1.54, 1.807) is 0 Å². The topological polar surface area (TPSA) is 103 Å². The molecule has 120 heavy (non-hydrogen) atoms. The summed E-state index contributed by atoms with van der Waals surface area (Å²) in [5.41, 5.74) is 25.7. The molecule has 4 aromatic heterocycles. The maximum absolute atomic E-state index is 5.30. The molecule has 560 valence electrons. The fraction of sp³-hybridized carbons (Fsp3) is 0. The minimum atomic E-state index is 0.630. The number of nitrogens with zero attached hydrogens (tertiary/aromatic N) is 8. The van der Waals surface area contributed by atoms with Crippen molar-refractivity contribution in [3.05, 3.63) is 437 Å². The average Bonchev–Trinajstić information content (AvgIpc) is 0.770. The summed E-state index contributed by atoms with van der Waals surface area (Å²) in [5, 5.41) is 12.0. The summed E-state index contributed by atoms with van der Waals surface area (Å²) in [6.07, 6.45) is 2.01. The Bertz CT molecular complexity index is 7590. The van der Waals surface area contributed by atoms with Crippen molar-refractivity contribution in [3.8, 4) is 157 Å². The van der Waals surface area contributed by atoms with Gasteiger partial charge >= 0.3 is 0 Å². The van der Waals surface area contributed by atoms with Gasteiger partial charge in [0.25, 0.3) is 0 Å². The van der Waals surface area contributed by atoms with Gasteiger partial charge in [-0.25, -0.2) is 34.9 Å². The Labute approximate surface area is 694 Å². The molecule has 22 aromatic rings. The van der Waals surface area contributed by atoms with Gasteiger partial charge in [-0.15, -0.1) is 0 Å². The van der Waals surface area contributed by atoms with Crippen molar-refractivity contribution in [1.82, 2.24) is 39.9 Å². The number of hydrogen-bond donors (Lipinski definition) is 0. The third kappa shape index (κ3) is 14.3. The zero-order valence-corrected chi connectivity index (χ0v) is 65.1. The van der Waals surface area contributed by atoms with Crippen LogP contribution in [0, 0.1) is 0 Å². The lowest BCUT2D eigenvalue weighted by atomic mass is 9.93. The van der Waals surface area contributed by atoms with Crippen LogP contribution in [-0.2, 0) is 0 Å². The lowest BCUT2D eigenvalue weighted by molar-refractivity contribution is 1.07. The number of hydrogen-bond acceptors (Lipinski definition) is 8. The van der Waals surface area contributed by atoms with Crippen LogP contribution < -0.4 is 0 Å². The highest BCUT2D eigenvalue weighted by molar-refractivity contribution is 6.21. The van der Waals surface area contributed by atoms with E-state index in [0.717, 1.165) is 128 Å². The fourth-order valence-corrected chi connectivity index (χ4v) is 16.5. The Balaban J connectivity index is 0.000000148. The summed E-state index contributed by atoms with van der Waals surface area (Å²) >= 11 is 0. The van der Waals surface area contributed by atoms with Crippen LogP contribution in [0.1, 0.15) is 0 Å². The SMILES string of the molecule is c1ccc(-c2ccc(-c3nc(-c4ccccc4)nc(-c4ccc(-c5cccc(-c6cccc(-c7cnc8c(ccc9c%10ccccc%10ccc98)c7)c6)c5)cc4)n3)cc2)cc1.c1ccc(-c2ccc(-c3nc(-c4ccccc4)nc(-c4ccc(-c5cccc(-c6cccc(-c7nc8ccccc8c8ccc9ccccc9c78)c6)c5)cc4)n3)cc2)cc1. The van der Waals surface area contributed by atoms with Crippen molar-refractivity contribution in [2.45, 2.75) is 0 Å². The summed E-state index contributed by atoms with van der Waals surface area (Å²) in [4.78, 5) is 40.2. The van der Waals surface area contributed by atoms with Gasteiger partial charge in [0, 0.05) is 72.2 Å². The molecule has 0 aliphatic carbocycles. The highest BCUT2D eigenvalue weighted by Gasteiger charge is 2.20. The van der Waals surface area contributed by atoms with Crippen LogP contribution in [0.5, 0.6) is 0 Å². The van der Waals surface area contributed by atoms with E-state index in [9.17, 15) is 0 Å². The van der Waals surface area contributed by atoms with E-state index >= 15 is 0 Å². The smallest absolute Gasteiger partial charge is 0.164 e. The Morgan fingerprint density at radius 2 is 0.425 bits per heavy atom. The molecule has 8 heteroatoms. The Morgan fingerprint density at radius 1 is 0.142 bits per heavy atom. The number of aromatic nitrogens is 8. The van der Waals surface area contributed by atoms with Crippen LogP contribution in [0.4, 0.5) is 0 Å². The van der Waals surface area contributed by atoms with E-state index in [-0.39, 0.29) is 0 Å². The van der Waals surface area contributed by atoms with Gasteiger partial charge < -0.3 is 0 Å². The molecule has 22 rings (SSSR count). The van der Waals surface area contributed by atoms with Gasteiger partial charge in [-0.3, -0.25) is 4.98 Å². The molecule has 0 radical (unpaired) electrons. The molecule has 0 aliphatic rings. The van der Waals surface area contributed by atoms with Crippen molar-refractivity contribution in [3.63, 3.8) is 0 Å². The minimum absolute atomic E-state index is 0.630. The first kappa shape index (κ1) is 71.6. The molecular weight excluding hydrogens is 1460 g/mol. The van der Waals surface area contributed by atoms with E-state index in [2.05, 4.69) is 358 Å². The summed E-state index contributed by atoms with van der Waals surface area (Å²) in [7, 11) is 0. The number of pyridine rings is 2. The minimum Gasteiger partial charge on any atom is -0.255 e. The second kappa shape index (κ2) is 31.6. The molecule has 0 amide bonds. The molecule has 0 saturated heterocycles. The first-order chi connectivity index (χ1) is 59.4. The van der Waals surface area contributed by atoms with Gasteiger partial charge in [0.1, 0.15) is 0 Å². The second-order valence-electron chi connectivity index (χ2n) is 30.1. The van der Waals surface area contributed by atoms with Crippen molar-refractivity contribution in [1.29, 1.82) is 0 Å². The highest BCUT2D eigenvalue weighted by atomic mass is 15.0. The van der Waals surface area contributed by atoms with Crippen molar-refractivity contribution >= 4 is 64.9 Å². The molecule has 0 spiro atoms. The summed E-state index contributed by atoms with van der Waals surface area (Å²) in [5.74, 6) is 3.82. The summed E-state index contributed by atoms with van der Waals surface area (Å²) in [6, 6.07) is 151. The van der Waals surface area contributed by atoms with E-state index in [0.29, 0.717) is 34.9 Å².